The van der Waals surface area contributed by atoms with Gasteiger partial charge in [0.15, 0.2) is 5.60 Å². The van der Waals surface area contributed by atoms with Gasteiger partial charge in [-0.05, 0) is 31.4 Å². The molecule has 4 heteroatoms. The van der Waals surface area contributed by atoms with Gasteiger partial charge >= 0.3 is 0 Å². The Morgan fingerprint density at radius 3 is 2.00 bits per heavy atom. The minimum Gasteiger partial charge on any atom is -0.379 e. The Hall–Kier alpha value is -2.17. The SMILES string of the molecule is CC(C)OCCCNC(=O)C(O)(c1ccccc1)c1ccccc1. The Kier molecular flexibility index (Phi) is 6.53. The van der Waals surface area contributed by atoms with Gasteiger partial charge in [0.2, 0.25) is 0 Å². The van der Waals surface area contributed by atoms with Crippen LogP contribution in [0.15, 0.2) is 60.7 Å². The molecule has 0 fully saturated rings. The van der Waals surface area contributed by atoms with Crippen molar-refractivity contribution in [3.05, 3.63) is 71.8 Å². The summed E-state index contributed by atoms with van der Waals surface area (Å²) in [6.45, 7) is 4.98. The van der Waals surface area contributed by atoms with Crippen molar-refractivity contribution in [3.8, 4) is 0 Å². The highest BCUT2D eigenvalue weighted by Gasteiger charge is 2.39. The average Bonchev–Trinajstić information content (AvgIpc) is 2.61. The largest absolute Gasteiger partial charge is 0.379 e. The highest BCUT2D eigenvalue weighted by atomic mass is 16.5. The molecule has 0 heterocycles. The molecule has 0 aliphatic rings. The van der Waals surface area contributed by atoms with Crippen molar-refractivity contribution >= 4 is 5.91 Å². The van der Waals surface area contributed by atoms with E-state index in [1.54, 1.807) is 24.3 Å². The van der Waals surface area contributed by atoms with E-state index in [-0.39, 0.29) is 6.10 Å². The zero-order valence-electron chi connectivity index (χ0n) is 14.2. The van der Waals surface area contributed by atoms with Crippen LogP contribution in [0.2, 0.25) is 0 Å². The van der Waals surface area contributed by atoms with Gasteiger partial charge in [-0.1, -0.05) is 60.7 Å². The molecule has 0 aliphatic heterocycles. The molecule has 2 aromatic carbocycles. The number of ether oxygens (including phenoxy) is 1. The molecule has 0 saturated heterocycles. The number of rotatable bonds is 8. The second-order valence-electron chi connectivity index (χ2n) is 5.97. The maximum Gasteiger partial charge on any atom is 0.261 e. The van der Waals surface area contributed by atoms with Crippen LogP contribution in [0.4, 0.5) is 0 Å². The van der Waals surface area contributed by atoms with Crippen molar-refractivity contribution in [2.24, 2.45) is 0 Å². The standard InChI is InChI=1S/C20H25NO3/c1-16(2)24-15-9-14-21-19(22)20(23,17-10-5-3-6-11-17)18-12-7-4-8-13-18/h3-8,10-13,16,23H,9,14-15H2,1-2H3,(H,21,22). The van der Waals surface area contributed by atoms with Crippen LogP contribution in [-0.2, 0) is 15.1 Å². The Morgan fingerprint density at radius 2 is 1.54 bits per heavy atom. The number of amides is 1. The molecule has 0 unspecified atom stereocenters. The highest BCUT2D eigenvalue weighted by molar-refractivity contribution is 5.90. The number of aliphatic hydroxyl groups is 1. The monoisotopic (exact) mass is 327 g/mol. The van der Waals surface area contributed by atoms with Gasteiger partial charge in [0.05, 0.1) is 6.10 Å². The first-order chi connectivity index (χ1) is 11.5. The summed E-state index contributed by atoms with van der Waals surface area (Å²) in [6, 6.07) is 18.0. The lowest BCUT2D eigenvalue weighted by atomic mass is 9.85. The van der Waals surface area contributed by atoms with Gasteiger partial charge in [-0.3, -0.25) is 4.79 Å². The van der Waals surface area contributed by atoms with Crippen molar-refractivity contribution in [1.29, 1.82) is 0 Å². The molecule has 0 atom stereocenters. The first-order valence-electron chi connectivity index (χ1n) is 8.28. The number of hydrogen-bond acceptors (Lipinski definition) is 3. The van der Waals surface area contributed by atoms with E-state index in [1.165, 1.54) is 0 Å². The first kappa shape index (κ1) is 18.2. The molecule has 0 aliphatic carbocycles. The number of benzene rings is 2. The van der Waals surface area contributed by atoms with Crippen LogP contribution in [0.1, 0.15) is 31.4 Å². The third-order valence-corrected chi connectivity index (χ3v) is 3.77. The fourth-order valence-corrected chi connectivity index (χ4v) is 2.51. The third kappa shape index (κ3) is 4.43. The van der Waals surface area contributed by atoms with Crippen LogP contribution < -0.4 is 5.32 Å². The minimum atomic E-state index is -1.71. The van der Waals surface area contributed by atoms with Crippen molar-refractivity contribution in [1.82, 2.24) is 5.32 Å². The van der Waals surface area contributed by atoms with E-state index in [2.05, 4.69) is 5.32 Å². The third-order valence-electron chi connectivity index (χ3n) is 3.77. The minimum absolute atomic E-state index is 0.172. The molecule has 1 amide bonds. The lowest BCUT2D eigenvalue weighted by Gasteiger charge is -2.28. The van der Waals surface area contributed by atoms with Crippen LogP contribution in [-0.4, -0.2) is 30.3 Å². The maximum atomic E-state index is 12.8. The second kappa shape index (κ2) is 8.62. The molecular weight excluding hydrogens is 302 g/mol. The van der Waals surface area contributed by atoms with Crippen LogP contribution in [0.3, 0.4) is 0 Å². The molecule has 2 N–H and O–H groups in total. The normalized spacial score (nSPS) is 11.5. The quantitative estimate of drug-likeness (QED) is 0.733. The topological polar surface area (TPSA) is 58.6 Å². The summed E-state index contributed by atoms with van der Waals surface area (Å²) in [5.41, 5.74) is -0.610. The van der Waals surface area contributed by atoms with E-state index < -0.39 is 11.5 Å². The molecule has 2 rings (SSSR count). The van der Waals surface area contributed by atoms with E-state index in [9.17, 15) is 9.90 Å². The lowest BCUT2D eigenvalue weighted by molar-refractivity contribution is -0.136. The summed E-state index contributed by atoms with van der Waals surface area (Å²) in [5.74, 6) is -0.426. The van der Waals surface area contributed by atoms with Gasteiger partial charge in [0.25, 0.3) is 5.91 Å². The zero-order chi connectivity index (χ0) is 17.4. The number of carbonyl (C=O) groups excluding carboxylic acids is 1. The van der Waals surface area contributed by atoms with Crippen molar-refractivity contribution < 1.29 is 14.6 Å². The first-order valence-corrected chi connectivity index (χ1v) is 8.28. The van der Waals surface area contributed by atoms with Gasteiger partial charge in [0, 0.05) is 13.2 Å². The van der Waals surface area contributed by atoms with Crippen LogP contribution in [0.5, 0.6) is 0 Å². The van der Waals surface area contributed by atoms with Crippen molar-refractivity contribution in [2.45, 2.75) is 32.0 Å². The van der Waals surface area contributed by atoms with Gasteiger partial charge in [-0.15, -0.1) is 0 Å². The van der Waals surface area contributed by atoms with Crippen LogP contribution in [0, 0.1) is 0 Å². The molecule has 0 aromatic heterocycles. The van der Waals surface area contributed by atoms with E-state index in [0.29, 0.717) is 30.7 Å². The van der Waals surface area contributed by atoms with Crippen LogP contribution in [0.25, 0.3) is 0 Å². The van der Waals surface area contributed by atoms with Gasteiger partial charge in [-0.2, -0.15) is 0 Å². The van der Waals surface area contributed by atoms with Gasteiger partial charge < -0.3 is 15.2 Å². The Labute approximate surface area is 143 Å². The molecule has 24 heavy (non-hydrogen) atoms. The number of hydrogen-bond donors (Lipinski definition) is 2. The van der Waals surface area contributed by atoms with Crippen molar-refractivity contribution in [3.63, 3.8) is 0 Å². The summed E-state index contributed by atoms with van der Waals surface area (Å²) in [6.07, 6.45) is 0.870. The summed E-state index contributed by atoms with van der Waals surface area (Å²) >= 11 is 0. The molecule has 0 radical (unpaired) electrons. The maximum absolute atomic E-state index is 12.8. The number of nitrogens with one attached hydrogen (secondary N) is 1. The average molecular weight is 327 g/mol. The van der Waals surface area contributed by atoms with E-state index in [4.69, 9.17) is 4.74 Å². The predicted molar refractivity (Wildman–Crippen MR) is 94.6 cm³/mol. The second-order valence-corrected chi connectivity index (χ2v) is 5.97. The van der Waals surface area contributed by atoms with E-state index >= 15 is 0 Å². The molecule has 128 valence electrons. The summed E-state index contributed by atoms with van der Waals surface area (Å²) in [4.78, 5) is 12.8. The van der Waals surface area contributed by atoms with E-state index in [1.807, 2.05) is 50.2 Å². The molecular formula is C20H25NO3. The Bertz CT molecular complexity index is 586. The molecule has 4 nitrogen and oxygen atoms in total. The molecule has 2 aromatic rings. The summed E-state index contributed by atoms with van der Waals surface area (Å²) in [5, 5.41) is 14.0. The Morgan fingerprint density at radius 1 is 1.04 bits per heavy atom. The predicted octanol–water partition coefficient (Wildman–Crippen LogP) is 2.85. The fourth-order valence-electron chi connectivity index (χ4n) is 2.51. The Balaban J connectivity index is 2.14. The molecule has 0 spiro atoms. The number of carbonyl (C=O) groups is 1. The highest BCUT2D eigenvalue weighted by Crippen LogP contribution is 2.29. The molecule has 0 bridgehead atoms. The van der Waals surface area contributed by atoms with Gasteiger partial charge in [-0.25, -0.2) is 0 Å². The van der Waals surface area contributed by atoms with E-state index in [0.717, 1.165) is 0 Å². The lowest BCUT2D eigenvalue weighted by Crippen LogP contribution is -2.45. The van der Waals surface area contributed by atoms with Gasteiger partial charge in [0.1, 0.15) is 0 Å². The fraction of sp³-hybridized carbons (Fsp3) is 0.350. The zero-order valence-corrected chi connectivity index (χ0v) is 14.2. The van der Waals surface area contributed by atoms with Crippen LogP contribution >= 0.6 is 0 Å². The van der Waals surface area contributed by atoms with Crippen molar-refractivity contribution in [2.75, 3.05) is 13.2 Å². The smallest absolute Gasteiger partial charge is 0.261 e. The molecule has 0 saturated carbocycles. The summed E-state index contributed by atoms with van der Waals surface area (Å²) < 4.78 is 5.46. The summed E-state index contributed by atoms with van der Waals surface area (Å²) in [7, 11) is 0.